The van der Waals surface area contributed by atoms with Crippen LogP contribution in [-0.2, 0) is 4.74 Å². The zero-order chi connectivity index (χ0) is 14.0. The van der Waals surface area contributed by atoms with Crippen LogP contribution in [0.15, 0.2) is 30.3 Å². The van der Waals surface area contributed by atoms with Crippen molar-refractivity contribution in [2.45, 2.75) is 83.3 Å². The number of hydrogen-bond donors (Lipinski definition) is 0. The predicted molar refractivity (Wildman–Crippen MR) is 85.9 cm³/mol. The van der Waals surface area contributed by atoms with Crippen LogP contribution in [-0.4, -0.2) is 6.10 Å². The number of hydrogen-bond acceptors (Lipinski definition) is 1. The minimum absolute atomic E-state index is 0.316. The molecule has 0 radical (unpaired) electrons. The van der Waals surface area contributed by atoms with Gasteiger partial charge in [0.15, 0.2) is 0 Å². The van der Waals surface area contributed by atoms with Crippen molar-refractivity contribution in [2.24, 2.45) is 0 Å². The summed E-state index contributed by atoms with van der Waals surface area (Å²) in [5, 5.41) is 0. The molecule has 1 aliphatic carbocycles. The molecular weight excluding hydrogens is 244 g/mol. The third kappa shape index (κ3) is 5.28. The largest absolute Gasteiger partial charge is 0.370 e. The molecule has 0 heterocycles. The van der Waals surface area contributed by atoms with Gasteiger partial charge < -0.3 is 4.74 Å². The number of rotatable bonds is 8. The highest BCUT2D eigenvalue weighted by Gasteiger charge is 2.20. The van der Waals surface area contributed by atoms with Gasteiger partial charge in [-0.25, -0.2) is 0 Å². The van der Waals surface area contributed by atoms with E-state index in [0.29, 0.717) is 12.2 Å². The lowest BCUT2D eigenvalue weighted by Gasteiger charge is -2.28. The first-order valence-corrected chi connectivity index (χ1v) is 8.60. The summed E-state index contributed by atoms with van der Waals surface area (Å²) >= 11 is 0. The highest BCUT2D eigenvalue weighted by molar-refractivity contribution is 5.17. The average molecular weight is 274 g/mol. The molecule has 20 heavy (non-hydrogen) atoms. The van der Waals surface area contributed by atoms with Crippen LogP contribution in [0.5, 0.6) is 0 Å². The van der Waals surface area contributed by atoms with Gasteiger partial charge in [-0.3, -0.25) is 0 Å². The first-order valence-electron chi connectivity index (χ1n) is 8.60. The molecule has 1 aromatic rings. The summed E-state index contributed by atoms with van der Waals surface area (Å²) in [6.07, 6.45) is 13.9. The van der Waals surface area contributed by atoms with E-state index >= 15 is 0 Å². The van der Waals surface area contributed by atoms with E-state index in [4.69, 9.17) is 4.74 Å². The SMILES string of the molecule is CCCCCCC(OC1CCCCC1)c1ccccc1. The number of ether oxygens (including phenoxy) is 1. The summed E-state index contributed by atoms with van der Waals surface area (Å²) in [6.45, 7) is 2.27. The Morgan fingerprint density at radius 1 is 1.00 bits per heavy atom. The van der Waals surface area contributed by atoms with Crippen molar-refractivity contribution in [1.82, 2.24) is 0 Å². The Bertz CT molecular complexity index is 340. The van der Waals surface area contributed by atoms with Crippen LogP contribution >= 0.6 is 0 Å². The molecular formula is C19H30O. The molecule has 2 rings (SSSR count). The smallest absolute Gasteiger partial charge is 0.0828 e. The summed E-state index contributed by atoms with van der Waals surface area (Å²) in [4.78, 5) is 0. The van der Waals surface area contributed by atoms with E-state index in [0.717, 1.165) is 0 Å². The molecule has 0 bridgehead atoms. The third-order valence-corrected chi connectivity index (χ3v) is 4.40. The first kappa shape index (κ1) is 15.6. The van der Waals surface area contributed by atoms with Gasteiger partial charge in [-0.15, -0.1) is 0 Å². The molecule has 0 aliphatic heterocycles. The first-order chi connectivity index (χ1) is 9.90. The fourth-order valence-electron chi connectivity index (χ4n) is 3.17. The van der Waals surface area contributed by atoms with Gasteiger partial charge in [-0.1, -0.05) is 82.2 Å². The molecule has 1 aliphatic rings. The van der Waals surface area contributed by atoms with Crippen molar-refractivity contribution < 1.29 is 4.74 Å². The Morgan fingerprint density at radius 2 is 1.75 bits per heavy atom. The van der Waals surface area contributed by atoms with Crippen LogP contribution in [0, 0.1) is 0 Å². The standard InChI is InChI=1S/C19H30O/c1-2-3-4-11-16-19(17-12-7-5-8-13-17)20-18-14-9-6-10-15-18/h5,7-8,12-13,18-19H,2-4,6,9-11,14-16H2,1H3. The molecule has 0 saturated heterocycles. The summed E-state index contributed by atoms with van der Waals surface area (Å²) in [5.41, 5.74) is 1.37. The van der Waals surface area contributed by atoms with Gasteiger partial charge in [0.25, 0.3) is 0 Å². The Morgan fingerprint density at radius 3 is 2.45 bits per heavy atom. The minimum Gasteiger partial charge on any atom is -0.370 e. The van der Waals surface area contributed by atoms with Gasteiger partial charge in [0.2, 0.25) is 0 Å². The Labute approximate surface area is 124 Å². The van der Waals surface area contributed by atoms with Crippen molar-refractivity contribution in [3.05, 3.63) is 35.9 Å². The second kappa shape index (κ2) is 9.18. The molecule has 0 amide bonds. The molecule has 1 nitrogen and oxygen atoms in total. The molecule has 1 aromatic carbocycles. The van der Waals surface area contributed by atoms with E-state index in [2.05, 4.69) is 37.3 Å². The van der Waals surface area contributed by atoms with Gasteiger partial charge in [-0.05, 0) is 24.8 Å². The van der Waals surface area contributed by atoms with Crippen LogP contribution in [0.25, 0.3) is 0 Å². The summed E-state index contributed by atoms with van der Waals surface area (Å²) in [7, 11) is 0. The van der Waals surface area contributed by atoms with Crippen LogP contribution in [0.3, 0.4) is 0 Å². The predicted octanol–water partition coefficient (Wildman–Crippen LogP) is 6.05. The monoisotopic (exact) mass is 274 g/mol. The van der Waals surface area contributed by atoms with Gasteiger partial charge in [0, 0.05) is 0 Å². The van der Waals surface area contributed by atoms with Gasteiger partial charge >= 0.3 is 0 Å². The highest BCUT2D eigenvalue weighted by atomic mass is 16.5. The Kier molecular flexibility index (Phi) is 7.14. The van der Waals surface area contributed by atoms with Crippen LogP contribution in [0.1, 0.15) is 82.8 Å². The minimum atomic E-state index is 0.316. The van der Waals surface area contributed by atoms with Gasteiger partial charge in [0.1, 0.15) is 0 Å². The highest BCUT2D eigenvalue weighted by Crippen LogP contribution is 2.30. The summed E-state index contributed by atoms with van der Waals surface area (Å²) in [5.74, 6) is 0. The van der Waals surface area contributed by atoms with Crippen molar-refractivity contribution in [3.8, 4) is 0 Å². The summed E-state index contributed by atoms with van der Waals surface area (Å²) < 4.78 is 6.46. The lowest BCUT2D eigenvalue weighted by molar-refractivity contribution is -0.0362. The lowest BCUT2D eigenvalue weighted by atomic mass is 9.96. The molecule has 0 N–H and O–H groups in total. The molecule has 112 valence electrons. The number of unbranched alkanes of at least 4 members (excludes halogenated alkanes) is 3. The average Bonchev–Trinajstić information content (AvgIpc) is 2.52. The topological polar surface area (TPSA) is 9.23 Å². The van der Waals surface area contributed by atoms with E-state index in [1.54, 1.807) is 0 Å². The van der Waals surface area contributed by atoms with Crippen LogP contribution < -0.4 is 0 Å². The maximum atomic E-state index is 6.46. The van der Waals surface area contributed by atoms with E-state index in [1.165, 1.54) is 69.8 Å². The fraction of sp³-hybridized carbons (Fsp3) is 0.684. The molecule has 1 saturated carbocycles. The second-order valence-corrected chi connectivity index (χ2v) is 6.14. The summed E-state index contributed by atoms with van der Waals surface area (Å²) in [6, 6.07) is 10.8. The molecule has 1 unspecified atom stereocenters. The maximum Gasteiger partial charge on any atom is 0.0828 e. The lowest BCUT2D eigenvalue weighted by Crippen LogP contribution is -2.20. The van der Waals surface area contributed by atoms with Gasteiger partial charge in [-0.2, -0.15) is 0 Å². The van der Waals surface area contributed by atoms with E-state index in [1.807, 2.05) is 0 Å². The molecule has 1 fully saturated rings. The second-order valence-electron chi connectivity index (χ2n) is 6.14. The Balaban J connectivity index is 1.89. The molecule has 1 atom stereocenters. The van der Waals surface area contributed by atoms with Crippen molar-refractivity contribution in [3.63, 3.8) is 0 Å². The quantitative estimate of drug-likeness (QED) is 0.524. The number of benzene rings is 1. The van der Waals surface area contributed by atoms with Crippen LogP contribution in [0.2, 0.25) is 0 Å². The maximum absolute atomic E-state index is 6.46. The van der Waals surface area contributed by atoms with Crippen molar-refractivity contribution in [2.75, 3.05) is 0 Å². The van der Waals surface area contributed by atoms with Crippen molar-refractivity contribution >= 4 is 0 Å². The van der Waals surface area contributed by atoms with E-state index in [-0.39, 0.29) is 0 Å². The van der Waals surface area contributed by atoms with Gasteiger partial charge in [0.05, 0.1) is 12.2 Å². The van der Waals surface area contributed by atoms with Crippen molar-refractivity contribution in [1.29, 1.82) is 0 Å². The van der Waals surface area contributed by atoms with E-state index < -0.39 is 0 Å². The Hall–Kier alpha value is -0.820. The molecule has 1 heteroatoms. The normalized spacial score (nSPS) is 18.1. The van der Waals surface area contributed by atoms with Crippen LogP contribution in [0.4, 0.5) is 0 Å². The third-order valence-electron chi connectivity index (χ3n) is 4.40. The zero-order valence-electron chi connectivity index (χ0n) is 13.0. The molecule has 0 spiro atoms. The van der Waals surface area contributed by atoms with E-state index in [9.17, 15) is 0 Å². The molecule has 0 aromatic heterocycles. The zero-order valence-corrected chi connectivity index (χ0v) is 13.0. The fourth-order valence-corrected chi connectivity index (χ4v) is 3.17.